The minimum Gasteiger partial charge on any atom is -0.457 e. The maximum absolute atomic E-state index is 11.6. The third-order valence-electron chi connectivity index (χ3n) is 4.70. The molecule has 8 nitrogen and oxygen atoms in total. The molecule has 4 rings (SSSR count). The van der Waals surface area contributed by atoms with Gasteiger partial charge in [0.1, 0.15) is 19.3 Å². The van der Waals surface area contributed by atoms with Crippen LogP contribution in [0.25, 0.3) is 5.82 Å². The summed E-state index contributed by atoms with van der Waals surface area (Å²) in [7, 11) is 0. The fourth-order valence-electron chi connectivity index (χ4n) is 3.18. The smallest absolute Gasteiger partial charge is 0.338 e. The van der Waals surface area contributed by atoms with Gasteiger partial charge < -0.3 is 15.2 Å². The molecule has 1 atom stereocenters. The summed E-state index contributed by atoms with van der Waals surface area (Å²) >= 11 is 0. The van der Waals surface area contributed by atoms with Crippen LogP contribution in [0, 0.1) is 6.92 Å². The summed E-state index contributed by atoms with van der Waals surface area (Å²) in [4.78, 5) is 19.9. The number of rotatable bonds is 6. The summed E-state index contributed by atoms with van der Waals surface area (Å²) in [6, 6.07) is 7.33. The van der Waals surface area contributed by atoms with Crippen LogP contribution in [-0.2, 0) is 17.9 Å². The lowest BCUT2D eigenvalue weighted by atomic mass is 9.95. The van der Waals surface area contributed by atoms with E-state index >= 15 is 0 Å². The summed E-state index contributed by atoms with van der Waals surface area (Å²) in [6.45, 7) is 3.15. The maximum Gasteiger partial charge on any atom is 0.338 e. The van der Waals surface area contributed by atoms with Crippen LogP contribution in [0.2, 0.25) is 0 Å². The predicted octanol–water partition coefficient (Wildman–Crippen LogP) is 1.46. The molecule has 2 aromatic heterocycles. The molecule has 3 heterocycles. The highest BCUT2D eigenvalue weighted by Gasteiger charge is 2.25. The zero-order valence-corrected chi connectivity index (χ0v) is 14.8. The summed E-state index contributed by atoms with van der Waals surface area (Å²) < 4.78 is 6.65. The molecule has 0 aliphatic carbocycles. The molecule has 1 aromatic carbocycles. The van der Waals surface area contributed by atoms with Crippen molar-refractivity contribution in [3.05, 3.63) is 70.9 Å². The molecule has 2 N–H and O–H groups in total. The van der Waals surface area contributed by atoms with E-state index in [2.05, 4.69) is 20.4 Å². The maximum atomic E-state index is 11.6. The zero-order valence-electron chi connectivity index (χ0n) is 14.8. The molecular formula is C19H19N5O3. The average Bonchev–Trinajstić information content (AvgIpc) is 3.33. The highest BCUT2D eigenvalue weighted by atomic mass is 16.5. The van der Waals surface area contributed by atoms with Crippen LogP contribution in [0.4, 0.5) is 0 Å². The standard InChI is InChI=1S/C19H19N5O3/c1-12-14(3-4-15-16(12)9-27-19(15)26)17(25)8-20-6-13-2-5-18(22-7-13)24-11-21-10-23-24/h2-5,7,10-11,17,20,25H,6,8-9H2,1H3/t17-/m0/s1. The highest BCUT2D eigenvalue weighted by Crippen LogP contribution is 2.28. The number of nitrogens with one attached hydrogen (secondary N) is 1. The van der Waals surface area contributed by atoms with Crippen molar-refractivity contribution in [2.75, 3.05) is 6.54 Å². The number of fused-ring (bicyclic) bond motifs is 1. The van der Waals surface area contributed by atoms with Crippen molar-refractivity contribution < 1.29 is 14.6 Å². The van der Waals surface area contributed by atoms with E-state index in [-0.39, 0.29) is 12.6 Å². The quantitative estimate of drug-likeness (QED) is 0.638. The van der Waals surface area contributed by atoms with Crippen LogP contribution in [0.1, 0.15) is 38.7 Å². The van der Waals surface area contributed by atoms with Crippen molar-refractivity contribution in [3.8, 4) is 5.82 Å². The topological polar surface area (TPSA) is 102 Å². The van der Waals surface area contributed by atoms with Gasteiger partial charge in [-0.1, -0.05) is 12.1 Å². The number of carbonyl (C=O) groups is 1. The Labute approximate surface area is 155 Å². The van der Waals surface area contributed by atoms with E-state index in [1.807, 2.05) is 19.1 Å². The van der Waals surface area contributed by atoms with Crippen LogP contribution in [0.15, 0.2) is 43.1 Å². The molecule has 1 aliphatic rings. The lowest BCUT2D eigenvalue weighted by Gasteiger charge is -2.16. The summed E-state index contributed by atoms with van der Waals surface area (Å²) in [5.41, 5.74) is 4.17. The van der Waals surface area contributed by atoms with Gasteiger partial charge in [-0.3, -0.25) is 0 Å². The van der Waals surface area contributed by atoms with Gasteiger partial charge in [0.2, 0.25) is 0 Å². The van der Waals surface area contributed by atoms with Crippen LogP contribution >= 0.6 is 0 Å². The van der Waals surface area contributed by atoms with Gasteiger partial charge in [-0.15, -0.1) is 0 Å². The average molecular weight is 365 g/mol. The number of benzene rings is 1. The second-order valence-electron chi connectivity index (χ2n) is 6.39. The van der Waals surface area contributed by atoms with E-state index in [0.29, 0.717) is 24.5 Å². The van der Waals surface area contributed by atoms with Gasteiger partial charge in [0.25, 0.3) is 0 Å². The SMILES string of the molecule is Cc1c([C@@H](O)CNCc2ccc(-n3cncn3)nc2)ccc2c1COC2=O. The molecule has 0 saturated heterocycles. The summed E-state index contributed by atoms with van der Waals surface area (Å²) in [5.74, 6) is 0.399. The molecule has 1 aliphatic heterocycles. The van der Waals surface area contributed by atoms with E-state index in [1.54, 1.807) is 29.3 Å². The van der Waals surface area contributed by atoms with Crippen LogP contribution < -0.4 is 5.32 Å². The molecule has 0 spiro atoms. The van der Waals surface area contributed by atoms with Gasteiger partial charge in [0.15, 0.2) is 5.82 Å². The van der Waals surface area contributed by atoms with Crippen LogP contribution in [0.5, 0.6) is 0 Å². The van der Waals surface area contributed by atoms with E-state index in [1.165, 1.54) is 6.33 Å². The van der Waals surface area contributed by atoms with E-state index < -0.39 is 6.10 Å². The number of hydrogen-bond acceptors (Lipinski definition) is 7. The van der Waals surface area contributed by atoms with Gasteiger partial charge >= 0.3 is 5.97 Å². The Morgan fingerprint density at radius 3 is 2.96 bits per heavy atom. The lowest BCUT2D eigenvalue weighted by Crippen LogP contribution is -2.22. The van der Waals surface area contributed by atoms with Gasteiger partial charge in [0, 0.05) is 24.8 Å². The van der Waals surface area contributed by atoms with Gasteiger partial charge in [-0.25, -0.2) is 19.4 Å². The predicted molar refractivity (Wildman–Crippen MR) is 96.1 cm³/mol. The molecule has 3 aromatic rings. The molecule has 0 amide bonds. The molecule has 27 heavy (non-hydrogen) atoms. The Morgan fingerprint density at radius 2 is 2.22 bits per heavy atom. The van der Waals surface area contributed by atoms with Crippen molar-refractivity contribution in [1.82, 2.24) is 25.1 Å². The van der Waals surface area contributed by atoms with Gasteiger partial charge in [0.05, 0.1) is 11.7 Å². The van der Waals surface area contributed by atoms with E-state index in [4.69, 9.17) is 4.74 Å². The Kier molecular flexibility index (Phi) is 4.66. The Bertz CT molecular complexity index is 954. The molecule has 0 fully saturated rings. The second kappa shape index (κ2) is 7.26. The zero-order chi connectivity index (χ0) is 18.8. The number of aromatic nitrogens is 4. The monoisotopic (exact) mass is 365 g/mol. The number of hydrogen-bond donors (Lipinski definition) is 2. The number of cyclic esters (lactones) is 1. The Hall–Kier alpha value is -3.10. The van der Waals surface area contributed by atoms with Crippen molar-refractivity contribution in [2.24, 2.45) is 0 Å². The number of aliphatic hydroxyl groups excluding tert-OH is 1. The summed E-state index contributed by atoms with van der Waals surface area (Å²) in [6.07, 6.45) is 4.14. The minimum atomic E-state index is -0.673. The Morgan fingerprint density at radius 1 is 1.33 bits per heavy atom. The fraction of sp³-hybridized carbons (Fsp3) is 0.263. The first-order valence-electron chi connectivity index (χ1n) is 8.61. The number of nitrogens with zero attached hydrogens (tertiary/aromatic N) is 4. The fourth-order valence-corrected chi connectivity index (χ4v) is 3.18. The minimum absolute atomic E-state index is 0.276. The largest absolute Gasteiger partial charge is 0.457 e. The first kappa shape index (κ1) is 17.3. The third-order valence-corrected chi connectivity index (χ3v) is 4.70. The number of esters is 1. The van der Waals surface area contributed by atoms with Gasteiger partial charge in [-0.05, 0) is 35.7 Å². The molecule has 138 valence electrons. The number of ether oxygens (including phenoxy) is 1. The second-order valence-corrected chi connectivity index (χ2v) is 6.39. The van der Waals surface area contributed by atoms with Crippen molar-refractivity contribution >= 4 is 5.97 Å². The van der Waals surface area contributed by atoms with E-state index in [0.717, 1.165) is 22.3 Å². The first-order chi connectivity index (χ1) is 13.1. The number of pyridine rings is 1. The molecule has 0 radical (unpaired) electrons. The van der Waals surface area contributed by atoms with Crippen LogP contribution in [0.3, 0.4) is 0 Å². The van der Waals surface area contributed by atoms with Crippen molar-refractivity contribution in [1.29, 1.82) is 0 Å². The molecule has 0 unspecified atom stereocenters. The molecule has 0 saturated carbocycles. The number of aliphatic hydroxyl groups is 1. The summed E-state index contributed by atoms with van der Waals surface area (Å²) in [5, 5.41) is 17.8. The Balaban J connectivity index is 1.36. The number of carbonyl (C=O) groups excluding carboxylic acids is 1. The van der Waals surface area contributed by atoms with Crippen molar-refractivity contribution in [2.45, 2.75) is 26.2 Å². The molecular weight excluding hydrogens is 346 g/mol. The van der Waals surface area contributed by atoms with Crippen molar-refractivity contribution in [3.63, 3.8) is 0 Å². The highest BCUT2D eigenvalue weighted by molar-refractivity contribution is 5.93. The van der Waals surface area contributed by atoms with Crippen LogP contribution in [-0.4, -0.2) is 37.4 Å². The lowest BCUT2D eigenvalue weighted by molar-refractivity contribution is 0.0535. The molecule has 0 bridgehead atoms. The third kappa shape index (κ3) is 3.44. The normalized spacial score (nSPS) is 14.1. The molecule has 8 heteroatoms. The first-order valence-corrected chi connectivity index (χ1v) is 8.61. The van der Waals surface area contributed by atoms with E-state index in [9.17, 15) is 9.90 Å². The van der Waals surface area contributed by atoms with Gasteiger partial charge in [-0.2, -0.15) is 5.10 Å².